The fraction of sp³-hybridized carbons (Fsp3) is 0.308. The monoisotopic (exact) mass is 251 g/mol. The zero-order valence-electron chi connectivity index (χ0n) is 9.94. The minimum atomic E-state index is -0.902. The number of amides is 1. The fourth-order valence-electron chi connectivity index (χ4n) is 1.32. The Bertz CT molecular complexity index is 468. The third kappa shape index (κ3) is 3.47. The summed E-state index contributed by atoms with van der Waals surface area (Å²) in [5.41, 5.74) is 0.284. The van der Waals surface area contributed by atoms with Gasteiger partial charge in [0.05, 0.1) is 13.2 Å². The summed E-state index contributed by atoms with van der Waals surface area (Å²) in [4.78, 5) is 11.5. The second kappa shape index (κ2) is 6.62. The molecule has 96 valence electrons. The van der Waals surface area contributed by atoms with E-state index < -0.39 is 17.8 Å². The Balaban J connectivity index is 2.78. The van der Waals surface area contributed by atoms with Crippen molar-refractivity contribution in [1.29, 1.82) is 0 Å². The van der Waals surface area contributed by atoms with Gasteiger partial charge in [-0.05, 0) is 13.0 Å². The normalized spacial score (nSPS) is 11.4. The molecule has 5 heteroatoms. The zero-order valence-corrected chi connectivity index (χ0v) is 9.94. The molecule has 1 atom stereocenters. The van der Waals surface area contributed by atoms with E-state index in [4.69, 9.17) is 16.3 Å². The lowest BCUT2D eigenvalue weighted by Gasteiger charge is -2.16. The molecule has 0 aliphatic carbocycles. The number of aliphatic hydroxyl groups excluding tert-OH is 1. The molecule has 1 aromatic carbocycles. The van der Waals surface area contributed by atoms with Gasteiger partial charge < -0.3 is 15.2 Å². The lowest BCUT2D eigenvalue weighted by atomic mass is 10.2. The summed E-state index contributed by atoms with van der Waals surface area (Å²) in [6.45, 7) is 1.18. The van der Waals surface area contributed by atoms with Crippen molar-refractivity contribution in [2.45, 2.75) is 19.6 Å². The highest BCUT2D eigenvalue weighted by Gasteiger charge is 2.18. The van der Waals surface area contributed by atoms with Gasteiger partial charge in [-0.3, -0.25) is 4.79 Å². The fourth-order valence-corrected chi connectivity index (χ4v) is 1.32. The first kappa shape index (κ1) is 14.0. The van der Waals surface area contributed by atoms with Gasteiger partial charge in [0.1, 0.15) is 0 Å². The highest BCUT2D eigenvalue weighted by molar-refractivity contribution is 5.80. The standard InChI is InChI=1S/C13H14FNO3/c1-3-7-15-13(17)9(2)18-12-10(8-16)5-4-6-11(12)14/h1,4-6,9,16H,7-8H2,2H3,(H,15,17). The van der Waals surface area contributed by atoms with Gasteiger partial charge >= 0.3 is 0 Å². The molecule has 0 radical (unpaired) electrons. The number of ether oxygens (including phenoxy) is 1. The second-order valence-electron chi connectivity index (χ2n) is 3.57. The number of para-hydroxylation sites is 1. The van der Waals surface area contributed by atoms with E-state index in [0.717, 1.165) is 0 Å². The van der Waals surface area contributed by atoms with E-state index in [0.29, 0.717) is 0 Å². The number of hydrogen-bond donors (Lipinski definition) is 2. The van der Waals surface area contributed by atoms with Gasteiger partial charge in [-0.25, -0.2) is 4.39 Å². The average molecular weight is 251 g/mol. The van der Waals surface area contributed by atoms with Crippen LogP contribution < -0.4 is 10.1 Å². The summed E-state index contributed by atoms with van der Waals surface area (Å²) in [6, 6.07) is 4.17. The van der Waals surface area contributed by atoms with Crippen molar-refractivity contribution in [3.8, 4) is 18.1 Å². The van der Waals surface area contributed by atoms with E-state index in [1.165, 1.54) is 25.1 Å². The molecule has 0 fully saturated rings. The summed E-state index contributed by atoms with van der Waals surface area (Å²) >= 11 is 0. The van der Waals surface area contributed by atoms with Crippen LogP contribution in [0.3, 0.4) is 0 Å². The molecule has 1 aromatic rings. The summed E-state index contributed by atoms with van der Waals surface area (Å²) in [7, 11) is 0. The Morgan fingerprint density at radius 3 is 3.00 bits per heavy atom. The van der Waals surface area contributed by atoms with Gasteiger partial charge in [-0.15, -0.1) is 6.42 Å². The molecule has 0 aromatic heterocycles. The quantitative estimate of drug-likeness (QED) is 0.762. The van der Waals surface area contributed by atoms with Crippen LogP contribution in [0.1, 0.15) is 12.5 Å². The topological polar surface area (TPSA) is 58.6 Å². The number of carbonyl (C=O) groups is 1. The molecule has 0 heterocycles. The van der Waals surface area contributed by atoms with Crippen molar-refractivity contribution in [1.82, 2.24) is 5.32 Å². The third-order valence-electron chi connectivity index (χ3n) is 2.25. The molecule has 0 aliphatic rings. The lowest BCUT2D eigenvalue weighted by Crippen LogP contribution is -2.36. The van der Waals surface area contributed by atoms with Gasteiger partial charge in [0.25, 0.3) is 5.91 Å². The Morgan fingerprint density at radius 1 is 1.67 bits per heavy atom. The smallest absolute Gasteiger partial charge is 0.261 e. The van der Waals surface area contributed by atoms with Crippen LogP contribution in [0.25, 0.3) is 0 Å². The Hall–Kier alpha value is -2.06. The van der Waals surface area contributed by atoms with Gasteiger partial charge in [-0.1, -0.05) is 18.1 Å². The van der Waals surface area contributed by atoms with Crippen molar-refractivity contribution in [2.75, 3.05) is 6.54 Å². The Morgan fingerprint density at radius 2 is 2.39 bits per heavy atom. The molecule has 1 unspecified atom stereocenters. The number of nitrogens with one attached hydrogen (secondary N) is 1. The van der Waals surface area contributed by atoms with E-state index in [-0.39, 0.29) is 24.5 Å². The molecular formula is C13H14FNO3. The van der Waals surface area contributed by atoms with Crippen LogP contribution in [-0.4, -0.2) is 23.7 Å². The molecule has 0 aliphatic heterocycles. The number of halogens is 1. The van der Waals surface area contributed by atoms with E-state index in [1.807, 2.05) is 0 Å². The number of benzene rings is 1. The van der Waals surface area contributed by atoms with Gasteiger partial charge in [-0.2, -0.15) is 0 Å². The zero-order chi connectivity index (χ0) is 13.5. The first-order valence-corrected chi connectivity index (χ1v) is 5.36. The van der Waals surface area contributed by atoms with Crippen LogP contribution >= 0.6 is 0 Å². The minimum Gasteiger partial charge on any atom is -0.477 e. The Labute approximate surface area is 105 Å². The summed E-state index contributed by atoms with van der Waals surface area (Å²) < 4.78 is 18.7. The highest BCUT2D eigenvalue weighted by Crippen LogP contribution is 2.23. The molecule has 1 amide bonds. The predicted molar refractivity (Wildman–Crippen MR) is 64.3 cm³/mol. The van der Waals surface area contributed by atoms with Crippen molar-refractivity contribution in [3.05, 3.63) is 29.6 Å². The second-order valence-corrected chi connectivity index (χ2v) is 3.57. The maximum absolute atomic E-state index is 13.5. The Kier molecular flexibility index (Phi) is 5.15. The van der Waals surface area contributed by atoms with Crippen molar-refractivity contribution in [3.63, 3.8) is 0 Å². The van der Waals surface area contributed by atoms with E-state index in [9.17, 15) is 9.18 Å². The highest BCUT2D eigenvalue weighted by atomic mass is 19.1. The number of rotatable bonds is 5. The molecule has 18 heavy (non-hydrogen) atoms. The SMILES string of the molecule is C#CCNC(=O)C(C)Oc1c(F)cccc1CO. The van der Waals surface area contributed by atoms with Crippen LogP contribution in [0.15, 0.2) is 18.2 Å². The lowest BCUT2D eigenvalue weighted by molar-refractivity contribution is -0.127. The number of aliphatic hydroxyl groups is 1. The third-order valence-corrected chi connectivity index (χ3v) is 2.25. The van der Waals surface area contributed by atoms with Crippen LogP contribution in [-0.2, 0) is 11.4 Å². The first-order valence-electron chi connectivity index (χ1n) is 5.36. The number of terminal acetylenes is 1. The van der Waals surface area contributed by atoms with Gasteiger partial charge in [0.15, 0.2) is 17.7 Å². The van der Waals surface area contributed by atoms with Crippen LogP contribution in [0.5, 0.6) is 5.75 Å². The molecule has 0 saturated heterocycles. The molecule has 4 nitrogen and oxygen atoms in total. The molecule has 0 saturated carbocycles. The average Bonchev–Trinajstić information content (AvgIpc) is 2.38. The van der Waals surface area contributed by atoms with Crippen molar-refractivity contribution < 1.29 is 19.0 Å². The van der Waals surface area contributed by atoms with Crippen LogP contribution in [0.2, 0.25) is 0 Å². The summed E-state index contributed by atoms with van der Waals surface area (Å²) in [6.07, 6.45) is 4.10. The maximum atomic E-state index is 13.5. The molecular weight excluding hydrogens is 237 g/mol. The number of hydrogen-bond acceptors (Lipinski definition) is 3. The van der Waals surface area contributed by atoms with E-state index in [1.54, 1.807) is 0 Å². The minimum absolute atomic E-state index is 0.0800. The molecule has 0 spiro atoms. The van der Waals surface area contributed by atoms with Crippen LogP contribution in [0, 0.1) is 18.2 Å². The van der Waals surface area contributed by atoms with Crippen molar-refractivity contribution >= 4 is 5.91 Å². The molecule has 1 rings (SSSR count). The van der Waals surface area contributed by atoms with Crippen molar-refractivity contribution in [2.24, 2.45) is 0 Å². The van der Waals surface area contributed by atoms with Gasteiger partial charge in [0, 0.05) is 5.56 Å². The predicted octanol–water partition coefficient (Wildman–Crippen LogP) is 0.835. The van der Waals surface area contributed by atoms with E-state index in [2.05, 4.69) is 11.2 Å². The number of carbonyl (C=O) groups excluding carboxylic acids is 1. The largest absolute Gasteiger partial charge is 0.477 e. The first-order chi connectivity index (χ1) is 8.60. The maximum Gasteiger partial charge on any atom is 0.261 e. The summed E-state index contributed by atoms with van der Waals surface area (Å²) in [5, 5.41) is 11.5. The van der Waals surface area contributed by atoms with Gasteiger partial charge in [0.2, 0.25) is 0 Å². The summed E-state index contributed by atoms with van der Waals surface area (Å²) in [5.74, 6) is 1.06. The molecule has 0 bridgehead atoms. The molecule has 2 N–H and O–H groups in total. The van der Waals surface area contributed by atoms with Crippen LogP contribution in [0.4, 0.5) is 4.39 Å². The van der Waals surface area contributed by atoms with E-state index >= 15 is 0 Å².